The molecule has 33 heavy (non-hydrogen) atoms. The SMILES string of the molecule is CCOC(=O)CC(CCc1ccc(OCCN2C(=O)CCC2=O)c(F)c1)c1ccc(Cl)cc1. The van der Waals surface area contributed by atoms with Crippen LogP contribution in [0, 0.1) is 5.82 Å². The van der Waals surface area contributed by atoms with E-state index in [2.05, 4.69) is 0 Å². The predicted molar refractivity (Wildman–Crippen MR) is 122 cm³/mol. The van der Waals surface area contributed by atoms with Gasteiger partial charge in [0, 0.05) is 17.9 Å². The summed E-state index contributed by atoms with van der Waals surface area (Å²) in [5.41, 5.74) is 1.74. The number of imide groups is 1. The van der Waals surface area contributed by atoms with Crippen LogP contribution in [-0.4, -0.2) is 42.4 Å². The van der Waals surface area contributed by atoms with Gasteiger partial charge in [-0.15, -0.1) is 0 Å². The van der Waals surface area contributed by atoms with Crippen LogP contribution in [0.25, 0.3) is 0 Å². The van der Waals surface area contributed by atoms with E-state index in [4.69, 9.17) is 21.1 Å². The molecule has 0 bridgehead atoms. The van der Waals surface area contributed by atoms with Crippen LogP contribution in [0.5, 0.6) is 5.75 Å². The summed E-state index contributed by atoms with van der Waals surface area (Å²) < 4.78 is 25.1. The number of halogens is 2. The standard InChI is InChI=1S/C25H27ClFNO5/c1-2-32-25(31)16-19(18-6-8-20(26)9-7-18)5-3-17-4-10-22(21(27)15-17)33-14-13-28-23(29)11-12-24(28)30/h4,6-10,15,19H,2-3,5,11-14,16H2,1H3. The van der Waals surface area contributed by atoms with Crippen molar-refractivity contribution in [1.29, 1.82) is 0 Å². The number of hydrogen-bond acceptors (Lipinski definition) is 5. The minimum Gasteiger partial charge on any atom is -0.489 e. The molecule has 1 atom stereocenters. The molecular formula is C25H27ClFNO5. The second kappa shape index (κ2) is 11.8. The molecule has 1 heterocycles. The first kappa shape index (κ1) is 24.7. The Morgan fingerprint density at radius 2 is 1.82 bits per heavy atom. The Hall–Kier alpha value is -2.93. The third-order valence-electron chi connectivity index (χ3n) is 5.56. The highest BCUT2D eigenvalue weighted by Crippen LogP contribution is 2.28. The van der Waals surface area contributed by atoms with Crippen LogP contribution in [0.15, 0.2) is 42.5 Å². The summed E-state index contributed by atoms with van der Waals surface area (Å²) in [5.74, 6) is -1.26. The molecule has 2 aromatic rings. The predicted octanol–water partition coefficient (Wildman–Crippen LogP) is 4.68. The van der Waals surface area contributed by atoms with Crippen LogP contribution in [0.3, 0.4) is 0 Å². The number of rotatable bonds is 11. The number of carbonyl (C=O) groups is 3. The molecule has 1 unspecified atom stereocenters. The van der Waals surface area contributed by atoms with Crippen LogP contribution < -0.4 is 4.74 Å². The number of ether oxygens (including phenoxy) is 2. The molecule has 0 aromatic heterocycles. The molecule has 8 heteroatoms. The summed E-state index contributed by atoms with van der Waals surface area (Å²) in [6.45, 7) is 2.23. The van der Waals surface area contributed by atoms with Gasteiger partial charge >= 0.3 is 5.97 Å². The molecule has 2 aromatic carbocycles. The minimum absolute atomic E-state index is 0.0337. The highest BCUT2D eigenvalue weighted by atomic mass is 35.5. The summed E-state index contributed by atoms with van der Waals surface area (Å²) >= 11 is 5.98. The Kier molecular flexibility index (Phi) is 8.83. The third-order valence-corrected chi connectivity index (χ3v) is 5.82. The lowest BCUT2D eigenvalue weighted by molar-refractivity contribution is -0.143. The molecule has 2 amide bonds. The maximum atomic E-state index is 14.5. The summed E-state index contributed by atoms with van der Waals surface area (Å²) in [7, 11) is 0. The number of nitrogens with zero attached hydrogens (tertiary/aromatic N) is 1. The van der Waals surface area contributed by atoms with E-state index in [1.54, 1.807) is 31.2 Å². The summed E-state index contributed by atoms with van der Waals surface area (Å²) in [4.78, 5) is 36.5. The maximum absolute atomic E-state index is 14.5. The molecule has 0 aliphatic carbocycles. The average molecular weight is 476 g/mol. The maximum Gasteiger partial charge on any atom is 0.306 e. The highest BCUT2D eigenvalue weighted by Gasteiger charge is 2.28. The Bertz CT molecular complexity index is 979. The lowest BCUT2D eigenvalue weighted by atomic mass is 9.89. The van der Waals surface area contributed by atoms with Crippen molar-refractivity contribution in [2.75, 3.05) is 19.8 Å². The van der Waals surface area contributed by atoms with E-state index in [9.17, 15) is 18.8 Å². The number of esters is 1. The normalized spacial score (nSPS) is 14.5. The second-order valence-corrected chi connectivity index (χ2v) is 8.29. The quantitative estimate of drug-likeness (QED) is 0.348. The first-order valence-electron chi connectivity index (χ1n) is 11.0. The molecule has 0 spiro atoms. The monoisotopic (exact) mass is 475 g/mol. The zero-order valence-corrected chi connectivity index (χ0v) is 19.3. The lowest BCUT2D eigenvalue weighted by Crippen LogP contribution is -2.33. The Morgan fingerprint density at radius 3 is 2.45 bits per heavy atom. The van der Waals surface area contributed by atoms with Crippen molar-refractivity contribution in [2.45, 2.75) is 44.9 Å². The van der Waals surface area contributed by atoms with E-state index in [1.807, 2.05) is 12.1 Å². The number of benzene rings is 2. The molecule has 3 rings (SSSR count). The fourth-order valence-corrected chi connectivity index (χ4v) is 3.95. The number of likely N-dealkylation sites (tertiary alicyclic amines) is 1. The molecule has 0 N–H and O–H groups in total. The average Bonchev–Trinajstić information content (AvgIpc) is 3.11. The van der Waals surface area contributed by atoms with E-state index in [0.717, 1.165) is 16.0 Å². The first-order chi connectivity index (χ1) is 15.9. The zero-order chi connectivity index (χ0) is 23.8. The van der Waals surface area contributed by atoms with E-state index in [-0.39, 0.29) is 61.9 Å². The topological polar surface area (TPSA) is 72.9 Å². The molecule has 1 fully saturated rings. The van der Waals surface area contributed by atoms with Gasteiger partial charge in [0.1, 0.15) is 6.61 Å². The highest BCUT2D eigenvalue weighted by molar-refractivity contribution is 6.30. The number of hydrogen-bond donors (Lipinski definition) is 0. The van der Waals surface area contributed by atoms with E-state index >= 15 is 0 Å². The molecule has 0 saturated carbocycles. The van der Waals surface area contributed by atoms with Gasteiger partial charge in [0.2, 0.25) is 11.8 Å². The Labute approximate surface area is 197 Å². The zero-order valence-electron chi connectivity index (χ0n) is 18.5. The van der Waals surface area contributed by atoms with E-state index in [1.165, 1.54) is 6.07 Å². The van der Waals surface area contributed by atoms with Crippen molar-refractivity contribution in [3.63, 3.8) is 0 Å². The van der Waals surface area contributed by atoms with E-state index in [0.29, 0.717) is 24.5 Å². The summed E-state index contributed by atoms with van der Waals surface area (Å²) in [6.07, 6.45) is 1.84. The molecule has 1 saturated heterocycles. The van der Waals surface area contributed by atoms with Crippen molar-refractivity contribution >= 4 is 29.4 Å². The van der Waals surface area contributed by atoms with Crippen molar-refractivity contribution in [2.24, 2.45) is 0 Å². The largest absolute Gasteiger partial charge is 0.489 e. The Balaban J connectivity index is 1.58. The number of aryl methyl sites for hydroxylation is 1. The van der Waals surface area contributed by atoms with Crippen molar-refractivity contribution < 1.29 is 28.2 Å². The van der Waals surface area contributed by atoms with Gasteiger partial charge in [0.15, 0.2) is 11.6 Å². The van der Waals surface area contributed by atoms with Crippen molar-refractivity contribution in [3.8, 4) is 5.75 Å². The van der Waals surface area contributed by atoms with Gasteiger partial charge in [-0.25, -0.2) is 4.39 Å². The third kappa shape index (κ3) is 7.02. The van der Waals surface area contributed by atoms with Crippen molar-refractivity contribution in [1.82, 2.24) is 4.90 Å². The van der Waals surface area contributed by atoms with Gasteiger partial charge in [-0.05, 0) is 61.1 Å². The van der Waals surface area contributed by atoms with Crippen molar-refractivity contribution in [3.05, 3.63) is 64.4 Å². The van der Waals surface area contributed by atoms with Gasteiger partial charge in [-0.2, -0.15) is 0 Å². The summed E-state index contributed by atoms with van der Waals surface area (Å²) in [5, 5.41) is 0.616. The van der Waals surface area contributed by atoms with Crippen LogP contribution in [0.1, 0.15) is 49.7 Å². The first-order valence-corrected chi connectivity index (χ1v) is 11.4. The molecule has 1 aliphatic rings. The minimum atomic E-state index is -0.514. The van der Waals surface area contributed by atoms with Crippen LogP contribution >= 0.6 is 11.6 Å². The Morgan fingerprint density at radius 1 is 1.12 bits per heavy atom. The van der Waals surface area contributed by atoms with Crippen LogP contribution in [-0.2, 0) is 25.5 Å². The number of amides is 2. The summed E-state index contributed by atoms with van der Waals surface area (Å²) in [6, 6.07) is 12.1. The second-order valence-electron chi connectivity index (χ2n) is 7.85. The molecule has 1 aliphatic heterocycles. The lowest BCUT2D eigenvalue weighted by Gasteiger charge is -2.17. The van der Waals surface area contributed by atoms with Gasteiger partial charge in [-0.1, -0.05) is 29.8 Å². The van der Waals surface area contributed by atoms with Gasteiger partial charge in [-0.3, -0.25) is 19.3 Å². The molecule has 0 radical (unpaired) electrons. The molecular weight excluding hydrogens is 449 g/mol. The van der Waals surface area contributed by atoms with Gasteiger partial charge < -0.3 is 9.47 Å². The molecule has 176 valence electrons. The van der Waals surface area contributed by atoms with Gasteiger partial charge in [0.25, 0.3) is 0 Å². The molecule has 6 nitrogen and oxygen atoms in total. The van der Waals surface area contributed by atoms with Crippen LogP contribution in [0.4, 0.5) is 4.39 Å². The fourth-order valence-electron chi connectivity index (χ4n) is 3.82. The van der Waals surface area contributed by atoms with E-state index < -0.39 is 5.82 Å². The number of carbonyl (C=O) groups excluding carboxylic acids is 3. The van der Waals surface area contributed by atoms with Gasteiger partial charge in [0.05, 0.1) is 19.6 Å². The van der Waals surface area contributed by atoms with Crippen LogP contribution in [0.2, 0.25) is 5.02 Å². The fraction of sp³-hybridized carbons (Fsp3) is 0.400. The smallest absolute Gasteiger partial charge is 0.306 e.